The molecular weight excluding hydrogens is 163 g/mol. The highest BCUT2D eigenvalue weighted by Gasteiger charge is 2.14. The highest BCUT2D eigenvalue weighted by molar-refractivity contribution is 6.30. The van der Waals surface area contributed by atoms with Crippen LogP contribution in [0.25, 0.3) is 0 Å². The molecule has 9 heavy (non-hydrogen) atoms. The van der Waals surface area contributed by atoms with E-state index in [2.05, 4.69) is 0 Å². The van der Waals surface area contributed by atoms with Gasteiger partial charge >= 0.3 is 5.97 Å². The molecule has 0 radical (unpaired) electrons. The Morgan fingerprint density at radius 3 is 2.22 bits per heavy atom. The lowest BCUT2D eigenvalue weighted by atomic mass is 10.2. The van der Waals surface area contributed by atoms with E-state index in [1.165, 1.54) is 0 Å². The zero-order valence-electron chi connectivity index (χ0n) is 4.97. The van der Waals surface area contributed by atoms with E-state index >= 15 is 0 Å². The summed E-state index contributed by atoms with van der Waals surface area (Å²) in [5.41, 5.74) is 0. The van der Waals surface area contributed by atoms with Gasteiger partial charge in [-0.25, -0.2) is 0 Å². The van der Waals surface area contributed by atoms with Crippen molar-refractivity contribution in [1.29, 1.82) is 0 Å². The van der Waals surface area contributed by atoms with Crippen molar-refractivity contribution in [1.82, 2.24) is 0 Å². The van der Waals surface area contributed by atoms with Crippen LogP contribution in [-0.2, 0) is 4.79 Å². The molecule has 0 heterocycles. The number of hydrogen-bond donors (Lipinski definition) is 1. The predicted octanol–water partition coefficient (Wildman–Crippen LogP) is 1.70. The third kappa shape index (κ3) is 4.55. The average Bonchev–Trinajstić information content (AvgIpc) is 1.63. The van der Waals surface area contributed by atoms with Gasteiger partial charge in [0.1, 0.15) is 0 Å². The molecule has 2 nitrogen and oxygen atoms in total. The number of carboxylic acid groups (broad SMARTS) is 1. The second kappa shape index (κ2) is 3.96. The van der Waals surface area contributed by atoms with Crippen molar-refractivity contribution < 1.29 is 9.90 Å². The zero-order valence-corrected chi connectivity index (χ0v) is 6.49. The Morgan fingerprint density at radius 2 is 2.11 bits per heavy atom. The fourth-order valence-electron chi connectivity index (χ4n) is 0.329. The van der Waals surface area contributed by atoms with Crippen LogP contribution in [0.2, 0.25) is 0 Å². The van der Waals surface area contributed by atoms with Crippen LogP contribution in [0.1, 0.15) is 13.3 Å². The van der Waals surface area contributed by atoms with Crippen LogP contribution in [0.5, 0.6) is 0 Å². The van der Waals surface area contributed by atoms with Crippen LogP contribution < -0.4 is 0 Å². The lowest BCUT2D eigenvalue weighted by Gasteiger charge is -2.06. The Bertz CT molecular complexity index is 103. The molecule has 2 atom stereocenters. The third-order valence-corrected chi connectivity index (χ3v) is 1.83. The number of carboxylic acids is 1. The van der Waals surface area contributed by atoms with Crippen LogP contribution in [0.3, 0.4) is 0 Å². The van der Waals surface area contributed by atoms with Gasteiger partial charge in [-0.1, -0.05) is 0 Å². The van der Waals surface area contributed by atoms with Crippen LogP contribution in [0, 0.1) is 0 Å². The highest BCUT2D eigenvalue weighted by atomic mass is 35.5. The van der Waals surface area contributed by atoms with Crippen molar-refractivity contribution in [3.05, 3.63) is 0 Å². The van der Waals surface area contributed by atoms with E-state index < -0.39 is 11.3 Å². The molecule has 0 amide bonds. The quantitative estimate of drug-likeness (QED) is 0.656. The van der Waals surface area contributed by atoms with E-state index in [1.54, 1.807) is 6.92 Å². The number of hydrogen-bond acceptors (Lipinski definition) is 1. The molecule has 1 N–H and O–H groups in total. The maximum atomic E-state index is 9.97. The number of rotatable bonds is 3. The van der Waals surface area contributed by atoms with Crippen LogP contribution in [0.15, 0.2) is 0 Å². The molecule has 0 aromatic heterocycles. The average molecular weight is 171 g/mol. The Labute approximate surface area is 63.8 Å². The number of halogens is 2. The summed E-state index contributed by atoms with van der Waals surface area (Å²) in [6, 6.07) is 0. The Hall–Kier alpha value is 0.0500. The first-order valence-corrected chi connectivity index (χ1v) is 3.41. The summed E-state index contributed by atoms with van der Waals surface area (Å²) in [6.07, 6.45) is -0.0772. The van der Waals surface area contributed by atoms with E-state index in [0.717, 1.165) is 0 Å². The minimum Gasteiger partial charge on any atom is -0.481 e. The van der Waals surface area contributed by atoms with E-state index in [4.69, 9.17) is 28.3 Å². The van der Waals surface area contributed by atoms with Crippen molar-refractivity contribution in [2.75, 3.05) is 0 Å². The molecular formula is C5H8Cl2O2. The van der Waals surface area contributed by atoms with Crippen molar-refractivity contribution in [2.24, 2.45) is 0 Å². The number of carbonyl (C=O) groups is 1. The second-order valence-electron chi connectivity index (χ2n) is 1.79. The SMILES string of the molecule is CC(Cl)C(Cl)CC(=O)O. The normalized spacial score (nSPS) is 16.8. The highest BCUT2D eigenvalue weighted by Crippen LogP contribution is 2.12. The molecule has 0 aromatic carbocycles. The van der Waals surface area contributed by atoms with Gasteiger partial charge in [0, 0.05) is 5.38 Å². The first-order valence-electron chi connectivity index (χ1n) is 2.54. The fraction of sp³-hybridized carbons (Fsp3) is 0.800. The smallest absolute Gasteiger partial charge is 0.304 e. The molecule has 0 bridgehead atoms. The topological polar surface area (TPSA) is 37.3 Å². The Morgan fingerprint density at radius 1 is 1.67 bits per heavy atom. The van der Waals surface area contributed by atoms with Gasteiger partial charge in [0.05, 0.1) is 11.8 Å². The van der Waals surface area contributed by atoms with Gasteiger partial charge in [0.15, 0.2) is 0 Å². The monoisotopic (exact) mass is 170 g/mol. The van der Waals surface area contributed by atoms with Gasteiger partial charge in [-0.05, 0) is 6.92 Å². The molecule has 54 valence electrons. The van der Waals surface area contributed by atoms with Crippen molar-refractivity contribution in [3.63, 3.8) is 0 Å². The minimum absolute atomic E-state index is 0.0772. The standard InChI is InChI=1S/C5H8Cl2O2/c1-3(6)4(7)2-5(8)9/h3-4H,2H2,1H3,(H,8,9). The first-order chi connectivity index (χ1) is 4.04. The van der Waals surface area contributed by atoms with Gasteiger partial charge in [-0.2, -0.15) is 0 Å². The number of alkyl halides is 2. The Balaban J connectivity index is 3.50. The van der Waals surface area contributed by atoms with Crippen LogP contribution in [0.4, 0.5) is 0 Å². The van der Waals surface area contributed by atoms with E-state index in [0.29, 0.717) is 0 Å². The second-order valence-corrected chi connectivity index (χ2v) is 3.04. The van der Waals surface area contributed by atoms with Gasteiger partial charge in [-0.3, -0.25) is 4.79 Å². The van der Waals surface area contributed by atoms with Crippen molar-refractivity contribution >= 4 is 29.2 Å². The number of aliphatic carboxylic acids is 1. The molecule has 2 unspecified atom stereocenters. The minimum atomic E-state index is -0.914. The summed E-state index contributed by atoms with van der Waals surface area (Å²) in [4.78, 5) is 9.97. The molecule has 0 rings (SSSR count). The maximum absolute atomic E-state index is 9.97. The first kappa shape index (κ1) is 9.05. The van der Waals surface area contributed by atoms with Crippen molar-refractivity contribution in [2.45, 2.75) is 24.1 Å². The van der Waals surface area contributed by atoms with Crippen LogP contribution in [-0.4, -0.2) is 21.8 Å². The molecule has 0 saturated carbocycles. The molecule has 0 aliphatic heterocycles. The summed E-state index contributed by atoms with van der Waals surface area (Å²) in [5, 5.41) is 7.43. The lowest BCUT2D eigenvalue weighted by molar-refractivity contribution is -0.137. The van der Waals surface area contributed by atoms with Gasteiger partial charge in [0.25, 0.3) is 0 Å². The molecule has 0 aliphatic carbocycles. The zero-order chi connectivity index (χ0) is 7.44. The largest absolute Gasteiger partial charge is 0.481 e. The molecule has 0 aromatic rings. The molecule has 0 saturated heterocycles. The predicted molar refractivity (Wildman–Crippen MR) is 37.2 cm³/mol. The molecule has 0 fully saturated rings. The summed E-state index contributed by atoms with van der Waals surface area (Å²) in [7, 11) is 0. The van der Waals surface area contributed by atoms with Crippen molar-refractivity contribution in [3.8, 4) is 0 Å². The van der Waals surface area contributed by atoms with E-state index in [9.17, 15) is 4.79 Å². The molecule has 4 heteroatoms. The summed E-state index contributed by atoms with van der Waals surface area (Å²) < 4.78 is 0. The van der Waals surface area contributed by atoms with E-state index in [1.807, 2.05) is 0 Å². The van der Waals surface area contributed by atoms with Gasteiger partial charge < -0.3 is 5.11 Å². The van der Waals surface area contributed by atoms with Gasteiger partial charge in [-0.15, -0.1) is 23.2 Å². The van der Waals surface area contributed by atoms with Gasteiger partial charge in [0.2, 0.25) is 0 Å². The third-order valence-electron chi connectivity index (χ3n) is 0.868. The summed E-state index contributed by atoms with van der Waals surface area (Å²) in [6.45, 7) is 1.67. The molecule has 0 spiro atoms. The van der Waals surface area contributed by atoms with Crippen LogP contribution >= 0.6 is 23.2 Å². The summed E-state index contributed by atoms with van der Waals surface area (Å²) >= 11 is 11.0. The summed E-state index contributed by atoms with van der Waals surface area (Å²) in [5.74, 6) is -0.914. The fourth-order valence-corrected chi connectivity index (χ4v) is 0.550. The Kier molecular flexibility index (Phi) is 3.98. The molecule has 0 aliphatic rings. The maximum Gasteiger partial charge on any atom is 0.304 e. The van der Waals surface area contributed by atoms with E-state index in [-0.39, 0.29) is 11.8 Å². The lowest BCUT2D eigenvalue weighted by Crippen LogP contribution is -2.15.